The van der Waals surface area contributed by atoms with Gasteiger partial charge in [0.25, 0.3) is 0 Å². The van der Waals surface area contributed by atoms with Crippen LogP contribution in [-0.4, -0.2) is 22.9 Å². The molecule has 0 aromatic carbocycles. The standard InChI is InChI=1S/C11H20BrClO/c1-9-4-3-5-10(6-9)14-11(2,7-12)8-13/h9-10H,3-8H2,1-2H3. The third kappa shape index (κ3) is 3.71. The van der Waals surface area contributed by atoms with E-state index in [4.69, 9.17) is 16.3 Å². The van der Waals surface area contributed by atoms with E-state index in [0.717, 1.165) is 11.2 Å². The SMILES string of the molecule is CC1CCCC(OC(C)(CCl)CBr)C1. The van der Waals surface area contributed by atoms with E-state index in [2.05, 4.69) is 29.8 Å². The lowest BCUT2D eigenvalue weighted by Gasteiger charge is -2.35. The van der Waals surface area contributed by atoms with Gasteiger partial charge >= 0.3 is 0 Å². The third-order valence-corrected chi connectivity index (χ3v) is 4.66. The van der Waals surface area contributed by atoms with Gasteiger partial charge in [-0.05, 0) is 25.7 Å². The van der Waals surface area contributed by atoms with Crippen molar-refractivity contribution in [3.05, 3.63) is 0 Å². The first-order valence-electron chi connectivity index (χ1n) is 5.39. The fourth-order valence-corrected chi connectivity index (χ4v) is 2.70. The highest BCUT2D eigenvalue weighted by Crippen LogP contribution is 2.29. The lowest BCUT2D eigenvalue weighted by atomic mass is 9.88. The molecule has 0 spiro atoms. The highest BCUT2D eigenvalue weighted by molar-refractivity contribution is 9.09. The molecule has 1 saturated carbocycles. The lowest BCUT2D eigenvalue weighted by molar-refractivity contribution is -0.0747. The van der Waals surface area contributed by atoms with E-state index >= 15 is 0 Å². The molecule has 1 aliphatic carbocycles. The largest absolute Gasteiger partial charge is 0.370 e. The molecule has 1 nitrogen and oxygen atoms in total. The maximum atomic E-state index is 6.07. The quantitative estimate of drug-likeness (QED) is 0.709. The highest BCUT2D eigenvalue weighted by Gasteiger charge is 2.29. The van der Waals surface area contributed by atoms with Crippen LogP contribution in [0.3, 0.4) is 0 Å². The minimum Gasteiger partial charge on any atom is -0.370 e. The van der Waals surface area contributed by atoms with Crippen molar-refractivity contribution in [3.63, 3.8) is 0 Å². The molecule has 0 aromatic rings. The van der Waals surface area contributed by atoms with Gasteiger partial charge in [-0.1, -0.05) is 35.7 Å². The molecule has 1 rings (SSSR count). The summed E-state index contributed by atoms with van der Waals surface area (Å²) in [5.41, 5.74) is -0.191. The molecule has 84 valence electrons. The molecule has 0 heterocycles. The van der Waals surface area contributed by atoms with Crippen molar-refractivity contribution in [3.8, 4) is 0 Å². The summed E-state index contributed by atoms with van der Waals surface area (Å²) in [5, 5.41) is 0.814. The number of hydrogen-bond acceptors (Lipinski definition) is 1. The van der Waals surface area contributed by atoms with Gasteiger partial charge in [-0.25, -0.2) is 0 Å². The van der Waals surface area contributed by atoms with Gasteiger partial charge in [0, 0.05) is 5.33 Å². The van der Waals surface area contributed by atoms with Crippen molar-refractivity contribution in [2.75, 3.05) is 11.2 Å². The van der Waals surface area contributed by atoms with Gasteiger partial charge in [0.1, 0.15) is 0 Å². The van der Waals surface area contributed by atoms with Crippen molar-refractivity contribution in [1.29, 1.82) is 0 Å². The van der Waals surface area contributed by atoms with Crippen LogP contribution in [0.4, 0.5) is 0 Å². The molecule has 0 aliphatic heterocycles. The Morgan fingerprint density at radius 1 is 1.50 bits per heavy atom. The maximum absolute atomic E-state index is 6.07. The predicted octanol–water partition coefficient (Wildman–Crippen LogP) is 3.97. The highest BCUT2D eigenvalue weighted by atomic mass is 79.9. The Kier molecular flexibility index (Phi) is 5.22. The normalized spacial score (nSPS) is 32.6. The Hall–Kier alpha value is 0.730. The summed E-state index contributed by atoms with van der Waals surface area (Å²) in [6, 6.07) is 0. The van der Waals surface area contributed by atoms with Crippen LogP contribution in [0.5, 0.6) is 0 Å². The van der Waals surface area contributed by atoms with Crippen molar-refractivity contribution in [2.24, 2.45) is 5.92 Å². The van der Waals surface area contributed by atoms with Gasteiger partial charge in [-0.15, -0.1) is 11.6 Å². The van der Waals surface area contributed by atoms with Crippen LogP contribution in [0.15, 0.2) is 0 Å². The van der Waals surface area contributed by atoms with Crippen LogP contribution in [-0.2, 0) is 4.74 Å². The molecule has 0 N–H and O–H groups in total. The summed E-state index contributed by atoms with van der Waals surface area (Å²) in [7, 11) is 0. The van der Waals surface area contributed by atoms with Gasteiger partial charge < -0.3 is 4.74 Å². The van der Waals surface area contributed by atoms with E-state index < -0.39 is 0 Å². The van der Waals surface area contributed by atoms with Crippen LogP contribution >= 0.6 is 27.5 Å². The van der Waals surface area contributed by atoms with Gasteiger partial charge in [-0.3, -0.25) is 0 Å². The monoisotopic (exact) mass is 282 g/mol. The molecule has 0 aromatic heterocycles. The zero-order valence-electron chi connectivity index (χ0n) is 9.06. The van der Waals surface area contributed by atoms with E-state index in [-0.39, 0.29) is 5.60 Å². The molecule has 3 heteroatoms. The van der Waals surface area contributed by atoms with Crippen LogP contribution in [0.25, 0.3) is 0 Å². The summed E-state index contributed by atoms with van der Waals surface area (Å²) in [6.45, 7) is 4.38. The minimum atomic E-state index is -0.191. The molecule has 1 fully saturated rings. The van der Waals surface area contributed by atoms with Crippen LogP contribution < -0.4 is 0 Å². The summed E-state index contributed by atoms with van der Waals surface area (Å²) in [5.74, 6) is 1.37. The number of hydrogen-bond donors (Lipinski definition) is 0. The molecule has 1 aliphatic rings. The first kappa shape index (κ1) is 12.8. The zero-order chi connectivity index (χ0) is 10.6. The molecule has 0 bridgehead atoms. The summed E-state index contributed by atoms with van der Waals surface area (Å²) in [4.78, 5) is 0. The minimum absolute atomic E-state index is 0.191. The fraction of sp³-hybridized carbons (Fsp3) is 1.00. The van der Waals surface area contributed by atoms with E-state index in [1.54, 1.807) is 0 Å². The number of rotatable bonds is 4. The first-order chi connectivity index (χ1) is 6.59. The summed E-state index contributed by atoms with van der Waals surface area (Å²) >= 11 is 9.37. The van der Waals surface area contributed by atoms with Crippen molar-refractivity contribution in [1.82, 2.24) is 0 Å². The van der Waals surface area contributed by atoms with Crippen LogP contribution in [0.1, 0.15) is 39.5 Å². The molecule has 0 radical (unpaired) electrons. The van der Waals surface area contributed by atoms with Gasteiger partial charge in [-0.2, -0.15) is 0 Å². The smallest absolute Gasteiger partial charge is 0.0889 e. The van der Waals surface area contributed by atoms with Crippen molar-refractivity contribution >= 4 is 27.5 Å². The van der Waals surface area contributed by atoms with E-state index in [1.807, 2.05) is 0 Å². The summed E-state index contributed by atoms with van der Waals surface area (Å²) < 4.78 is 6.07. The molecular weight excluding hydrogens is 263 g/mol. The first-order valence-corrected chi connectivity index (χ1v) is 7.05. The van der Waals surface area contributed by atoms with Gasteiger partial charge in [0.05, 0.1) is 17.6 Å². The number of halogens is 2. The van der Waals surface area contributed by atoms with Crippen LogP contribution in [0.2, 0.25) is 0 Å². The third-order valence-electron chi connectivity index (χ3n) is 2.90. The lowest BCUT2D eigenvalue weighted by Crippen LogP contribution is -2.38. The summed E-state index contributed by atoms with van der Waals surface area (Å²) in [6.07, 6.45) is 5.46. The molecule has 14 heavy (non-hydrogen) atoms. The van der Waals surface area contributed by atoms with Crippen molar-refractivity contribution in [2.45, 2.75) is 51.2 Å². The van der Waals surface area contributed by atoms with Gasteiger partial charge in [0.15, 0.2) is 0 Å². The average Bonchev–Trinajstić information content (AvgIpc) is 2.18. The fourth-order valence-electron chi connectivity index (χ4n) is 1.99. The topological polar surface area (TPSA) is 9.23 Å². The average molecular weight is 284 g/mol. The molecule has 0 amide bonds. The van der Waals surface area contributed by atoms with E-state index in [9.17, 15) is 0 Å². The Bertz CT molecular complexity index is 171. The Morgan fingerprint density at radius 2 is 2.21 bits per heavy atom. The molecular formula is C11H20BrClO. The Balaban J connectivity index is 2.41. The second-order valence-corrected chi connectivity index (χ2v) is 5.56. The second-order valence-electron chi connectivity index (χ2n) is 4.73. The Morgan fingerprint density at radius 3 is 2.71 bits per heavy atom. The van der Waals surface area contributed by atoms with Crippen molar-refractivity contribution < 1.29 is 4.74 Å². The predicted molar refractivity (Wildman–Crippen MR) is 65.4 cm³/mol. The Labute approximate surface area is 101 Å². The van der Waals surface area contributed by atoms with E-state index in [1.165, 1.54) is 25.7 Å². The maximum Gasteiger partial charge on any atom is 0.0889 e. The number of alkyl halides is 2. The van der Waals surface area contributed by atoms with Crippen LogP contribution in [0, 0.1) is 5.92 Å². The number of ether oxygens (including phenoxy) is 1. The van der Waals surface area contributed by atoms with E-state index in [0.29, 0.717) is 12.0 Å². The molecule has 3 unspecified atom stereocenters. The van der Waals surface area contributed by atoms with Gasteiger partial charge in [0.2, 0.25) is 0 Å². The zero-order valence-corrected chi connectivity index (χ0v) is 11.4. The second kappa shape index (κ2) is 5.72. The molecule has 0 saturated heterocycles. The molecule has 3 atom stereocenters.